The van der Waals surface area contributed by atoms with Gasteiger partial charge in [0, 0.05) is 12.7 Å². The van der Waals surface area contributed by atoms with Crippen LogP contribution >= 0.6 is 0 Å². The largest absolute Gasteiger partial charge is 0.347 e. The molecule has 1 aromatic heterocycles. The van der Waals surface area contributed by atoms with Gasteiger partial charge in [-0.05, 0) is 48.7 Å². The fourth-order valence-corrected chi connectivity index (χ4v) is 2.43. The van der Waals surface area contributed by atoms with Crippen LogP contribution in [-0.4, -0.2) is 11.1 Å². The van der Waals surface area contributed by atoms with E-state index in [-0.39, 0.29) is 0 Å². The molecule has 0 atom stereocenters. The van der Waals surface area contributed by atoms with E-state index in [9.17, 15) is 0 Å². The first-order chi connectivity index (χ1) is 7.88. The van der Waals surface area contributed by atoms with Crippen LogP contribution in [0.1, 0.15) is 18.4 Å². The maximum absolute atomic E-state index is 5.67. The lowest BCUT2D eigenvalue weighted by molar-refractivity contribution is 0.645. The van der Waals surface area contributed by atoms with Crippen LogP contribution in [-0.2, 0) is 13.0 Å². The predicted molar refractivity (Wildman–Crippen MR) is 67.4 cm³/mol. The van der Waals surface area contributed by atoms with Crippen molar-refractivity contribution in [2.24, 2.45) is 11.7 Å². The molecule has 0 saturated heterocycles. The van der Waals surface area contributed by atoms with Gasteiger partial charge in [0.25, 0.3) is 0 Å². The summed E-state index contributed by atoms with van der Waals surface area (Å²) in [6.45, 7) is 1.92. The number of aromatic nitrogens is 1. The third-order valence-corrected chi connectivity index (χ3v) is 3.44. The number of rotatable bonds is 4. The fourth-order valence-electron chi connectivity index (χ4n) is 2.43. The standard InChI is InChI=1S/C14H18N2/c15-8-6-12-2-1-3-13-7-9-16(14(12)13)10-11-4-5-11/h1-3,7,9,11H,4-6,8,10,15H2. The second-order valence-electron chi connectivity index (χ2n) is 4.81. The van der Waals surface area contributed by atoms with Crippen LogP contribution in [0, 0.1) is 5.92 Å². The Labute approximate surface area is 96.1 Å². The van der Waals surface area contributed by atoms with Crippen molar-refractivity contribution >= 4 is 10.9 Å². The van der Waals surface area contributed by atoms with E-state index in [1.807, 2.05) is 0 Å². The van der Waals surface area contributed by atoms with Crippen LogP contribution in [0.2, 0.25) is 0 Å². The number of para-hydroxylation sites is 1. The Hall–Kier alpha value is -1.28. The number of nitrogens with zero attached hydrogens (tertiary/aromatic N) is 1. The molecule has 2 aromatic rings. The first-order valence-electron chi connectivity index (χ1n) is 6.15. The van der Waals surface area contributed by atoms with E-state index in [1.165, 1.54) is 35.9 Å². The van der Waals surface area contributed by atoms with Crippen LogP contribution in [0.3, 0.4) is 0 Å². The molecule has 0 spiro atoms. The maximum Gasteiger partial charge on any atom is 0.0513 e. The highest BCUT2D eigenvalue weighted by Crippen LogP contribution is 2.32. The minimum Gasteiger partial charge on any atom is -0.347 e. The van der Waals surface area contributed by atoms with Gasteiger partial charge in [0.2, 0.25) is 0 Å². The molecule has 1 heterocycles. The zero-order chi connectivity index (χ0) is 11.0. The lowest BCUT2D eigenvalue weighted by Crippen LogP contribution is -2.05. The molecule has 1 aromatic carbocycles. The van der Waals surface area contributed by atoms with Gasteiger partial charge in [-0.15, -0.1) is 0 Å². The molecule has 2 N–H and O–H groups in total. The fraction of sp³-hybridized carbons (Fsp3) is 0.429. The quantitative estimate of drug-likeness (QED) is 0.833. The Balaban J connectivity index is 2.05. The van der Waals surface area contributed by atoms with Crippen molar-refractivity contribution in [2.75, 3.05) is 6.54 Å². The summed E-state index contributed by atoms with van der Waals surface area (Å²) in [5, 5.41) is 1.35. The Bertz CT molecular complexity index is 494. The number of fused-ring (bicyclic) bond motifs is 1. The van der Waals surface area contributed by atoms with Gasteiger partial charge in [0.05, 0.1) is 5.52 Å². The minimum atomic E-state index is 0.730. The second kappa shape index (κ2) is 3.95. The van der Waals surface area contributed by atoms with Crippen molar-refractivity contribution in [3.05, 3.63) is 36.0 Å². The third-order valence-electron chi connectivity index (χ3n) is 3.44. The lowest BCUT2D eigenvalue weighted by atomic mass is 10.1. The summed E-state index contributed by atoms with van der Waals surface area (Å²) in [4.78, 5) is 0. The number of hydrogen-bond acceptors (Lipinski definition) is 1. The van der Waals surface area contributed by atoms with Crippen LogP contribution in [0.25, 0.3) is 10.9 Å². The van der Waals surface area contributed by atoms with Gasteiger partial charge in [-0.25, -0.2) is 0 Å². The van der Waals surface area contributed by atoms with Gasteiger partial charge in [-0.2, -0.15) is 0 Å². The Kier molecular flexibility index (Phi) is 2.44. The molecule has 3 rings (SSSR count). The Morgan fingerprint density at radius 1 is 1.25 bits per heavy atom. The zero-order valence-electron chi connectivity index (χ0n) is 9.52. The molecular formula is C14H18N2. The highest BCUT2D eigenvalue weighted by Gasteiger charge is 2.22. The van der Waals surface area contributed by atoms with E-state index >= 15 is 0 Å². The average molecular weight is 214 g/mol. The molecule has 16 heavy (non-hydrogen) atoms. The van der Waals surface area contributed by atoms with E-state index in [4.69, 9.17) is 5.73 Å². The summed E-state index contributed by atoms with van der Waals surface area (Å²) in [5.41, 5.74) is 8.47. The molecule has 0 amide bonds. The van der Waals surface area contributed by atoms with Crippen LogP contribution in [0.5, 0.6) is 0 Å². The SMILES string of the molecule is NCCc1cccc2ccn(CC3CC3)c12. The number of benzene rings is 1. The zero-order valence-corrected chi connectivity index (χ0v) is 9.52. The Morgan fingerprint density at radius 2 is 2.12 bits per heavy atom. The molecular weight excluding hydrogens is 196 g/mol. The second-order valence-corrected chi connectivity index (χ2v) is 4.81. The van der Waals surface area contributed by atoms with Gasteiger partial charge >= 0.3 is 0 Å². The molecule has 1 aliphatic rings. The molecule has 2 nitrogen and oxygen atoms in total. The van der Waals surface area contributed by atoms with E-state index in [0.717, 1.165) is 18.9 Å². The van der Waals surface area contributed by atoms with Gasteiger partial charge in [-0.3, -0.25) is 0 Å². The van der Waals surface area contributed by atoms with Crippen molar-refractivity contribution in [2.45, 2.75) is 25.8 Å². The number of nitrogens with two attached hydrogens (primary N) is 1. The van der Waals surface area contributed by atoms with Gasteiger partial charge in [0.1, 0.15) is 0 Å². The molecule has 0 unspecified atom stereocenters. The first kappa shape index (κ1) is 9.91. The van der Waals surface area contributed by atoms with Crippen LogP contribution in [0.15, 0.2) is 30.5 Å². The van der Waals surface area contributed by atoms with Gasteiger partial charge in [-0.1, -0.05) is 18.2 Å². The average Bonchev–Trinajstić information content (AvgIpc) is 3.00. The van der Waals surface area contributed by atoms with Crippen LogP contribution in [0.4, 0.5) is 0 Å². The monoisotopic (exact) mass is 214 g/mol. The smallest absolute Gasteiger partial charge is 0.0513 e. The molecule has 1 aliphatic carbocycles. The maximum atomic E-state index is 5.67. The first-order valence-corrected chi connectivity index (χ1v) is 6.15. The van der Waals surface area contributed by atoms with Crippen molar-refractivity contribution in [1.29, 1.82) is 0 Å². The molecule has 1 saturated carbocycles. The van der Waals surface area contributed by atoms with E-state index < -0.39 is 0 Å². The topological polar surface area (TPSA) is 30.9 Å². The summed E-state index contributed by atoms with van der Waals surface area (Å²) in [5.74, 6) is 0.918. The van der Waals surface area contributed by atoms with Crippen molar-refractivity contribution in [3.8, 4) is 0 Å². The minimum absolute atomic E-state index is 0.730. The lowest BCUT2D eigenvalue weighted by Gasteiger charge is -2.08. The third kappa shape index (κ3) is 1.74. The number of hydrogen-bond donors (Lipinski definition) is 1. The predicted octanol–water partition coefficient (Wildman–Crippen LogP) is 2.55. The highest BCUT2D eigenvalue weighted by atomic mass is 15.0. The van der Waals surface area contributed by atoms with E-state index in [2.05, 4.69) is 35.0 Å². The van der Waals surface area contributed by atoms with Gasteiger partial charge in [0.15, 0.2) is 0 Å². The summed E-state index contributed by atoms with van der Waals surface area (Å²) in [6.07, 6.45) is 6.01. The van der Waals surface area contributed by atoms with E-state index in [1.54, 1.807) is 0 Å². The van der Waals surface area contributed by atoms with Gasteiger partial charge < -0.3 is 10.3 Å². The molecule has 0 radical (unpaired) electrons. The molecule has 0 aliphatic heterocycles. The molecule has 2 heteroatoms. The van der Waals surface area contributed by atoms with Crippen LogP contribution < -0.4 is 5.73 Å². The van der Waals surface area contributed by atoms with Crippen molar-refractivity contribution in [3.63, 3.8) is 0 Å². The van der Waals surface area contributed by atoms with E-state index in [0.29, 0.717) is 0 Å². The summed E-state index contributed by atoms with van der Waals surface area (Å²) >= 11 is 0. The molecule has 1 fully saturated rings. The summed E-state index contributed by atoms with van der Waals surface area (Å²) < 4.78 is 2.41. The summed E-state index contributed by atoms with van der Waals surface area (Å²) in [6, 6.07) is 8.75. The Morgan fingerprint density at radius 3 is 2.88 bits per heavy atom. The molecule has 0 bridgehead atoms. The molecule has 84 valence electrons. The van der Waals surface area contributed by atoms with Crippen molar-refractivity contribution in [1.82, 2.24) is 4.57 Å². The summed E-state index contributed by atoms with van der Waals surface area (Å²) in [7, 11) is 0. The normalized spacial score (nSPS) is 15.8. The van der Waals surface area contributed by atoms with Crippen molar-refractivity contribution < 1.29 is 0 Å². The highest BCUT2D eigenvalue weighted by molar-refractivity contribution is 5.83.